The molecule has 1 atom stereocenters. The molecule has 10 heteroatoms. The van der Waals surface area contributed by atoms with Gasteiger partial charge in [-0.2, -0.15) is 0 Å². The number of carbonyl (C=O) groups excluding carboxylic acids is 1. The molecular formula is C27H34ClN7O2. The molecule has 3 aromatic rings. The summed E-state index contributed by atoms with van der Waals surface area (Å²) in [5, 5.41) is 6.49. The number of amides is 1. The maximum Gasteiger partial charge on any atom is 0.251 e. The van der Waals surface area contributed by atoms with Gasteiger partial charge in [-0.15, -0.1) is 0 Å². The van der Waals surface area contributed by atoms with Crippen LogP contribution in [0.2, 0.25) is 5.15 Å². The molecule has 0 saturated carbocycles. The first kappa shape index (κ1) is 26.5. The number of nitrogens with one attached hydrogen (secondary N) is 2. The van der Waals surface area contributed by atoms with Gasteiger partial charge in [0.25, 0.3) is 5.91 Å². The Morgan fingerprint density at radius 1 is 1.19 bits per heavy atom. The Labute approximate surface area is 223 Å². The van der Waals surface area contributed by atoms with Crippen LogP contribution in [0.15, 0.2) is 42.7 Å². The lowest BCUT2D eigenvalue weighted by atomic mass is 10.00. The first-order valence-electron chi connectivity index (χ1n) is 12.3. The molecule has 2 heterocycles. The summed E-state index contributed by atoms with van der Waals surface area (Å²) < 4.78 is 5.84. The molecule has 37 heavy (non-hydrogen) atoms. The molecule has 1 aromatic heterocycles. The van der Waals surface area contributed by atoms with E-state index in [1.54, 1.807) is 7.11 Å². The molecule has 1 fully saturated rings. The molecule has 0 unspecified atom stereocenters. The number of nitrogens with two attached hydrogens (primary N) is 1. The highest BCUT2D eigenvalue weighted by atomic mass is 35.5. The summed E-state index contributed by atoms with van der Waals surface area (Å²) in [5.74, 6) is 1.05. The number of anilines is 4. The van der Waals surface area contributed by atoms with Gasteiger partial charge in [0.15, 0.2) is 11.0 Å². The van der Waals surface area contributed by atoms with E-state index in [1.165, 1.54) is 6.33 Å². The standard InChI is InChI=1S/C27H34ClN7O2/c1-16(2)32-27(36)19-8-6-18(7-9-19)20-12-21(33-26-24(29)25(28)30-15-31-26)22(13-23(20)37-5)35-11-10-34(4)17(3)14-35/h6-9,12-13,15-17H,10-11,14,29H2,1-5H3,(H,32,36)(H,30,31,33)/t17-/m0/s1. The third-order valence-electron chi connectivity index (χ3n) is 6.58. The van der Waals surface area contributed by atoms with Gasteiger partial charge in [0.05, 0.1) is 18.5 Å². The van der Waals surface area contributed by atoms with Crippen LogP contribution in [0.3, 0.4) is 0 Å². The quantitative estimate of drug-likeness (QED) is 0.391. The minimum atomic E-state index is -0.105. The Bertz CT molecular complexity index is 1270. The molecule has 4 rings (SSSR count). The highest BCUT2D eigenvalue weighted by molar-refractivity contribution is 6.32. The second-order valence-corrected chi connectivity index (χ2v) is 9.96. The summed E-state index contributed by atoms with van der Waals surface area (Å²) in [6.45, 7) is 8.74. The maximum atomic E-state index is 12.4. The Hall–Kier alpha value is -3.56. The van der Waals surface area contributed by atoms with Crippen LogP contribution in [0, 0.1) is 0 Å². The summed E-state index contributed by atoms with van der Waals surface area (Å²) in [5.41, 5.74) is 10.6. The lowest BCUT2D eigenvalue weighted by molar-refractivity contribution is 0.0943. The monoisotopic (exact) mass is 523 g/mol. The SMILES string of the molecule is COc1cc(N2CCN(C)[C@@H](C)C2)c(Nc2ncnc(Cl)c2N)cc1-c1ccc(C(=O)NC(C)C)cc1. The fourth-order valence-electron chi connectivity index (χ4n) is 4.34. The number of rotatable bonds is 7. The van der Waals surface area contributed by atoms with E-state index < -0.39 is 0 Å². The summed E-state index contributed by atoms with van der Waals surface area (Å²) in [6, 6.07) is 12.0. The first-order chi connectivity index (χ1) is 17.7. The molecule has 0 aliphatic carbocycles. The van der Waals surface area contributed by atoms with Crippen molar-refractivity contribution in [3.8, 4) is 16.9 Å². The third-order valence-corrected chi connectivity index (χ3v) is 6.89. The smallest absolute Gasteiger partial charge is 0.251 e. The highest BCUT2D eigenvalue weighted by Gasteiger charge is 2.25. The molecule has 196 valence electrons. The number of likely N-dealkylation sites (N-methyl/N-ethyl adjacent to an activating group) is 1. The summed E-state index contributed by atoms with van der Waals surface area (Å²) in [4.78, 5) is 25.4. The summed E-state index contributed by atoms with van der Waals surface area (Å²) in [7, 11) is 3.80. The van der Waals surface area contributed by atoms with Gasteiger partial charge in [-0.1, -0.05) is 23.7 Å². The van der Waals surface area contributed by atoms with E-state index in [9.17, 15) is 4.79 Å². The predicted molar refractivity (Wildman–Crippen MR) is 150 cm³/mol. The van der Waals surface area contributed by atoms with Crippen LogP contribution in [-0.4, -0.2) is 66.7 Å². The van der Waals surface area contributed by atoms with Gasteiger partial charge in [-0.05, 0) is 51.6 Å². The van der Waals surface area contributed by atoms with Crippen molar-refractivity contribution in [2.45, 2.75) is 32.9 Å². The number of piperazine rings is 1. The van der Waals surface area contributed by atoms with Crippen molar-refractivity contribution >= 4 is 40.4 Å². The number of nitrogen functional groups attached to an aromatic ring is 1. The van der Waals surface area contributed by atoms with Crippen LogP contribution in [0.1, 0.15) is 31.1 Å². The Morgan fingerprint density at radius 2 is 1.92 bits per heavy atom. The number of benzene rings is 2. The second-order valence-electron chi connectivity index (χ2n) is 9.60. The van der Waals surface area contributed by atoms with Crippen molar-refractivity contribution in [3.63, 3.8) is 0 Å². The van der Waals surface area contributed by atoms with E-state index >= 15 is 0 Å². The molecule has 1 saturated heterocycles. The Kier molecular flexibility index (Phi) is 8.04. The Balaban J connectivity index is 1.78. The van der Waals surface area contributed by atoms with Crippen LogP contribution in [-0.2, 0) is 0 Å². The van der Waals surface area contributed by atoms with E-state index in [0.717, 1.165) is 47.9 Å². The van der Waals surface area contributed by atoms with Crippen molar-refractivity contribution in [1.82, 2.24) is 20.2 Å². The van der Waals surface area contributed by atoms with Crippen LogP contribution >= 0.6 is 11.6 Å². The summed E-state index contributed by atoms with van der Waals surface area (Å²) in [6.07, 6.45) is 1.38. The zero-order valence-electron chi connectivity index (χ0n) is 21.9. The molecule has 9 nitrogen and oxygen atoms in total. The molecular weight excluding hydrogens is 490 g/mol. The fraction of sp³-hybridized carbons (Fsp3) is 0.370. The van der Waals surface area contributed by atoms with E-state index in [0.29, 0.717) is 17.4 Å². The normalized spacial score (nSPS) is 16.1. The van der Waals surface area contributed by atoms with E-state index in [1.807, 2.05) is 50.2 Å². The average molecular weight is 524 g/mol. The zero-order chi connectivity index (χ0) is 26.7. The van der Waals surface area contributed by atoms with Gasteiger partial charge in [-0.25, -0.2) is 9.97 Å². The highest BCUT2D eigenvalue weighted by Crippen LogP contribution is 2.41. The number of carbonyl (C=O) groups is 1. The topological polar surface area (TPSA) is 109 Å². The predicted octanol–water partition coefficient (Wildman–Crippen LogP) is 4.41. The number of ether oxygens (including phenoxy) is 1. The van der Waals surface area contributed by atoms with Crippen molar-refractivity contribution in [3.05, 3.63) is 53.4 Å². The van der Waals surface area contributed by atoms with Crippen molar-refractivity contribution in [1.29, 1.82) is 0 Å². The minimum Gasteiger partial charge on any atom is -0.496 e. The van der Waals surface area contributed by atoms with Crippen molar-refractivity contribution in [2.75, 3.05) is 49.7 Å². The number of hydrogen-bond donors (Lipinski definition) is 3. The van der Waals surface area contributed by atoms with E-state index in [-0.39, 0.29) is 22.8 Å². The lowest BCUT2D eigenvalue weighted by Gasteiger charge is -2.40. The first-order valence-corrected chi connectivity index (χ1v) is 12.7. The molecule has 0 radical (unpaired) electrons. The van der Waals surface area contributed by atoms with Gasteiger partial charge in [-0.3, -0.25) is 4.79 Å². The van der Waals surface area contributed by atoms with E-state index in [2.05, 4.69) is 44.4 Å². The molecule has 1 amide bonds. The Morgan fingerprint density at radius 3 is 2.57 bits per heavy atom. The summed E-state index contributed by atoms with van der Waals surface area (Å²) >= 11 is 6.17. The van der Waals surface area contributed by atoms with Crippen LogP contribution < -0.4 is 26.0 Å². The minimum absolute atomic E-state index is 0.0634. The van der Waals surface area contributed by atoms with Gasteiger partial charge in [0.1, 0.15) is 17.8 Å². The second kappa shape index (κ2) is 11.2. The average Bonchev–Trinajstić information content (AvgIpc) is 2.88. The van der Waals surface area contributed by atoms with Gasteiger partial charge < -0.3 is 30.9 Å². The number of methoxy groups -OCH3 is 1. The molecule has 1 aliphatic heterocycles. The van der Waals surface area contributed by atoms with Crippen LogP contribution in [0.4, 0.5) is 22.9 Å². The maximum absolute atomic E-state index is 12.4. The number of aromatic nitrogens is 2. The molecule has 0 spiro atoms. The largest absolute Gasteiger partial charge is 0.496 e. The van der Waals surface area contributed by atoms with Crippen molar-refractivity contribution < 1.29 is 9.53 Å². The zero-order valence-corrected chi connectivity index (χ0v) is 22.6. The van der Waals surface area contributed by atoms with Gasteiger partial charge in [0.2, 0.25) is 0 Å². The van der Waals surface area contributed by atoms with E-state index in [4.69, 9.17) is 22.1 Å². The van der Waals surface area contributed by atoms with Crippen LogP contribution in [0.25, 0.3) is 11.1 Å². The lowest BCUT2D eigenvalue weighted by Crippen LogP contribution is -2.50. The van der Waals surface area contributed by atoms with Crippen LogP contribution in [0.5, 0.6) is 5.75 Å². The molecule has 4 N–H and O–H groups in total. The fourth-order valence-corrected chi connectivity index (χ4v) is 4.47. The number of hydrogen-bond acceptors (Lipinski definition) is 8. The molecule has 1 aliphatic rings. The number of halogens is 1. The molecule has 2 aromatic carbocycles. The van der Waals surface area contributed by atoms with Gasteiger partial charge in [0, 0.05) is 48.9 Å². The third kappa shape index (κ3) is 5.89. The van der Waals surface area contributed by atoms with Gasteiger partial charge >= 0.3 is 0 Å². The number of nitrogens with zero attached hydrogens (tertiary/aromatic N) is 4. The molecule has 0 bridgehead atoms. The van der Waals surface area contributed by atoms with Crippen molar-refractivity contribution in [2.24, 2.45) is 0 Å².